The molecule has 0 aliphatic rings. The van der Waals surface area contributed by atoms with E-state index in [2.05, 4.69) is 15.9 Å². The first kappa shape index (κ1) is 11.2. The van der Waals surface area contributed by atoms with E-state index in [-0.39, 0.29) is 5.78 Å². The van der Waals surface area contributed by atoms with E-state index in [9.17, 15) is 4.79 Å². The molecule has 14 heavy (non-hydrogen) atoms. The summed E-state index contributed by atoms with van der Waals surface area (Å²) >= 11 is 3.39. The first-order valence-electron chi connectivity index (χ1n) is 4.46. The van der Waals surface area contributed by atoms with E-state index >= 15 is 0 Å². The second-order valence-electron chi connectivity index (χ2n) is 3.57. The van der Waals surface area contributed by atoms with Crippen LogP contribution in [0.25, 0.3) is 0 Å². The average molecular weight is 253 g/mol. The van der Waals surface area contributed by atoms with Crippen LogP contribution in [0.15, 0.2) is 34.3 Å². The van der Waals surface area contributed by atoms with Crippen LogP contribution >= 0.6 is 15.9 Å². The molecule has 0 saturated carbocycles. The average Bonchev–Trinajstić information content (AvgIpc) is 2.01. The monoisotopic (exact) mass is 252 g/mol. The van der Waals surface area contributed by atoms with E-state index in [1.807, 2.05) is 39.0 Å². The van der Waals surface area contributed by atoms with Gasteiger partial charge in [0.15, 0.2) is 5.78 Å². The number of benzene rings is 1. The quantitative estimate of drug-likeness (QED) is 0.577. The first-order valence-corrected chi connectivity index (χ1v) is 5.25. The SMILES string of the molecule is CC(C)=CC(=O)c1ccc(C)cc1Br. The van der Waals surface area contributed by atoms with E-state index in [4.69, 9.17) is 0 Å². The highest BCUT2D eigenvalue weighted by atomic mass is 79.9. The third kappa shape index (κ3) is 2.81. The molecule has 0 heterocycles. The number of allylic oxidation sites excluding steroid dienone is 2. The van der Waals surface area contributed by atoms with E-state index in [0.29, 0.717) is 0 Å². The molecule has 0 aromatic heterocycles. The Kier molecular flexibility index (Phi) is 3.64. The van der Waals surface area contributed by atoms with Crippen LogP contribution in [-0.4, -0.2) is 5.78 Å². The zero-order chi connectivity index (χ0) is 10.7. The molecule has 0 unspecified atom stereocenters. The van der Waals surface area contributed by atoms with Gasteiger partial charge in [-0.2, -0.15) is 0 Å². The van der Waals surface area contributed by atoms with Crippen LogP contribution in [-0.2, 0) is 0 Å². The largest absolute Gasteiger partial charge is 0.289 e. The van der Waals surface area contributed by atoms with Gasteiger partial charge in [-0.25, -0.2) is 0 Å². The summed E-state index contributed by atoms with van der Waals surface area (Å²) < 4.78 is 0.861. The second-order valence-corrected chi connectivity index (χ2v) is 4.42. The topological polar surface area (TPSA) is 17.1 Å². The number of carbonyl (C=O) groups excluding carboxylic acids is 1. The normalized spacial score (nSPS) is 9.71. The molecule has 1 nitrogen and oxygen atoms in total. The van der Waals surface area contributed by atoms with Crippen molar-refractivity contribution >= 4 is 21.7 Å². The highest BCUT2D eigenvalue weighted by molar-refractivity contribution is 9.10. The van der Waals surface area contributed by atoms with Crippen molar-refractivity contribution in [2.45, 2.75) is 20.8 Å². The molecule has 0 spiro atoms. The molecular weight excluding hydrogens is 240 g/mol. The molecule has 0 bridgehead atoms. The molecule has 0 aliphatic carbocycles. The molecule has 0 N–H and O–H groups in total. The van der Waals surface area contributed by atoms with Gasteiger partial charge in [0.2, 0.25) is 0 Å². The van der Waals surface area contributed by atoms with Gasteiger partial charge in [-0.1, -0.05) is 27.6 Å². The van der Waals surface area contributed by atoms with Gasteiger partial charge in [-0.15, -0.1) is 0 Å². The zero-order valence-electron chi connectivity index (χ0n) is 8.60. The van der Waals surface area contributed by atoms with Crippen LogP contribution in [0.2, 0.25) is 0 Å². The Bertz CT molecular complexity index is 387. The molecule has 2 heteroatoms. The number of ketones is 1. The summed E-state index contributed by atoms with van der Waals surface area (Å²) in [6.07, 6.45) is 1.65. The minimum atomic E-state index is 0.0527. The Balaban J connectivity index is 3.08. The van der Waals surface area contributed by atoms with Crippen molar-refractivity contribution in [1.29, 1.82) is 0 Å². The minimum absolute atomic E-state index is 0.0527. The summed E-state index contributed by atoms with van der Waals surface area (Å²) in [5.41, 5.74) is 2.88. The standard InChI is InChI=1S/C12H13BrO/c1-8(2)6-12(14)10-5-4-9(3)7-11(10)13/h4-7H,1-3H3. The lowest BCUT2D eigenvalue weighted by Gasteiger charge is -2.01. The Morgan fingerprint density at radius 3 is 2.50 bits per heavy atom. The summed E-state index contributed by atoms with van der Waals surface area (Å²) in [5.74, 6) is 0.0527. The van der Waals surface area contributed by atoms with Gasteiger partial charge in [0.25, 0.3) is 0 Å². The molecule has 0 aliphatic heterocycles. The number of hydrogen-bond donors (Lipinski definition) is 0. The van der Waals surface area contributed by atoms with Gasteiger partial charge in [0.05, 0.1) is 0 Å². The molecule has 0 amide bonds. The molecular formula is C12H13BrO. The van der Waals surface area contributed by atoms with Crippen LogP contribution in [0.5, 0.6) is 0 Å². The molecule has 74 valence electrons. The van der Waals surface area contributed by atoms with Crippen LogP contribution in [0.4, 0.5) is 0 Å². The third-order valence-corrected chi connectivity index (χ3v) is 2.47. The number of carbonyl (C=O) groups is 1. The lowest BCUT2D eigenvalue weighted by Crippen LogP contribution is -1.96. The van der Waals surface area contributed by atoms with Crippen LogP contribution in [0, 0.1) is 6.92 Å². The fourth-order valence-electron chi connectivity index (χ4n) is 1.16. The van der Waals surface area contributed by atoms with Gasteiger partial charge < -0.3 is 0 Å². The molecule has 0 atom stereocenters. The molecule has 1 aromatic carbocycles. The molecule has 0 radical (unpaired) electrons. The Morgan fingerprint density at radius 2 is 2.00 bits per heavy atom. The summed E-state index contributed by atoms with van der Waals surface area (Å²) in [6.45, 7) is 5.83. The highest BCUT2D eigenvalue weighted by Crippen LogP contribution is 2.19. The smallest absolute Gasteiger partial charge is 0.186 e. The van der Waals surface area contributed by atoms with E-state index in [0.717, 1.165) is 21.2 Å². The fraction of sp³-hybridized carbons (Fsp3) is 0.250. The highest BCUT2D eigenvalue weighted by Gasteiger charge is 2.06. The lowest BCUT2D eigenvalue weighted by molar-refractivity contribution is 0.104. The molecule has 1 rings (SSSR count). The van der Waals surface area contributed by atoms with Crippen molar-refractivity contribution in [2.75, 3.05) is 0 Å². The van der Waals surface area contributed by atoms with Crippen molar-refractivity contribution in [3.05, 3.63) is 45.4 Å². The molecule has 0 saturated heterocycles. The second kappa shape index (κ2) is 4.56. The maximum Gasteiger partial charge on any atom is 0.186 e. The van der Waals surface area contributed by atoms with Crippen LogP contribution < -0.4 is 0 Å². The Morgan fingerprint density at radius 1 is 1.36 bits per heavy atom. The van der Waals surface area contributed by atoms with Gasteiger partial charge in [-0.3, -0.25) is 4.79 Å². The first-order chi connectivity index (χ1) is 6.50. The maximum atomic E-state index is 11.7. The predicted molar refractivity (Wildman–Crippen MR) is 62.6 cm³/mol. The van der Waals surface area contributed by atoms with Crippen LogP contribution in [0.3, 0.4) is 0 Å². The van der Waals surface area contributed by atoms with Gasteiger partial charge in [0.1, 0.15) is 0 Å². The van der Waals surface area contributed by atoms with E-state index < -0.39 is 0 Å². The maximum absolute atomic E-state index is 11.7. The summed E-state index contributed by atoms with van der Waals surface area (Å²) in [7, 11) is 0. The number of rotatable bonds is 2. The van der Waals surface area contributed by atoms with Gasteiger partial charge >= 0.3 is 0 Å². The molecule has 0 fully saturated rings. The van der Waals surface area contributed by atoms with Crippen molar-refractivity contribution in [1.82, 2.24) is 0 Å². The fourth-order valence-corrected chi connectivity index (χ4v) is 1.85. The van der Waals surface area contributed by atoms with Crippen molar-refractivity contribution in [3.63, 3.8) is 0 Å². The molecule has 1 aromatic rings. The van der Waals surface area contributed by atoms with Crippen molar-refractivity contribution < 1.29 is 4.79 Å². The number of aryl methyl sites for hydroxylation is 1. The van der Waals surface area contributed by atoms with E-state index in [1.54, 1.807) is 6.08 Å². The number of halogens is 1. The van der Waals surface area contributed by atoms with E-state index in [1.165, 1.54) is 0 Å². The van der Waals surface area contributed by atoms with Crippen molar-refractivity contribution in [2.24, 2.45) is 0 Å². The lowest BCUT2D eigenvalue weighted by atomic mass is 10.1. The van der Waals surface area contributed by atoms with Gasteiger partial charge in [-0.05, 0) is 44.5 Å². The Hall–Kier alpha value is -0.890. The summed E-state index contributed by atoms with van der Waals surface area (Å²) in [4.78, 5) is 11.7. The van der Waals surface area contributed by atoms with Gasteiger partial charge in [0, 0.05) is 10.0 Å². The van der Waals surface area contributed by atoms with Crippen molar-refractivity contribution in [3.8, 4) is 0 Å². The Labute approximate surface area is 93.0 Å². The van der Waals surface area contributed by atoms with Crippen LogP contribution in [0.1, 0.15) is 29.8 Å². The zero-order valence-corrected chi connectivity index (χ0v) is 10.2. The summed E-state index contributed by atoms with van der Waals surface area (Å²) in [6, 6.07) is 5.74. The summed E-state index contributed by atoms with van der Waals surface area (Å²) in [5, 5.41) is 0. The predicted octanol–water partition coefficient (Wildman–Crippen LogP) is 3.91. The minimum Gasteiger partial charge on any atom is -0.289 e. The number of hydrogen-bond acceptors (Lipinski definition) is 1. The third-order valence-electron chi connectivity index (χ3n) is 1.81.